The number of carbonyl (C=O) groups is 1. The Kier molecular flexibility index (Phi) is 6.32. The second-order valence-corrected chi connectivity index (χ2v) is 7.89. The molecule has 0 aromatic heterocycles. The molecule has 0 radical (unpaired) electrons. The Hall–Kier alpha value is -0.810. The molecule has 0 aromatic carbocycles. The Balaban J connectivity index is 2.02. The Morgan fingerprint density at radius 3 is 2.43 bits per heavy atom. The van der Waals surface area contributed by atoms with Crippen molar-refractivity contribution in [3.05, 3.63) is 0 Å². The molecule has 1 unspecified atom stereocenters. The fraction of sp³-hybridized carbons (Fsp3) is 0.944. The Bertz CT molecular complexity index is 388. The fourth-order valence-electron chi connectivity index (χ4n) is 3.92. The Morgan fingerprint density at radius 2 is 1.83 bits per heavy atom. The fourth-order valence-corrected chi connectivity index (χ4v) is 3.92. The highest BCUT2D eigenvalue weighted by Gasteiger charge is 2.39. The van der Waals surface area contributed by atoms with Crippen LogP contribution in [0.1, 0.15) is 59.8 Å². The van der Waals surface area contributed by atoms with E-state index in [0.717, 1.165) is 52.2 Å². The summed E-state index contributed by atoms with van der Waals surface area (Å²) < 4.78 is 11.1. The minimum absolute atomic E-state index is 0.160. The third-order valence-corrected chi connectivity index (χ3v) is 4.97. The summed E-state index contributed by atoms with van der Waals surface area (Å²) in [5.41, 5.74) is -0.191. The standard InChI is InChI=1S/C18H34N2O3/c1-5-7-18(20-12-14-22-15-13-20)8-6-10-19(11-9-18)16(21)23-17(2,3)4/h5-15H2,1-4H3. The summed E-state index contributed by atoms with van der Waals surface area (Å²) in [6, 6.07) is 0. The van der Waals surface area contributed by atoms with Crippen LogP contribution < -0.4 is 0 Å². The van der Waals surface area contributed by atoms with Gasteiger partial charge >= 0.3 is 6.09 Å². The zero-order valence-corrected chi connectivity index (χ0v) is 15.4. The van der Waals surface area contributed by atoms with Gasteiger partial charge in [0.25, 0.3) is 0 Å². The molecule has 2 rings (SSSR count). The van der Waals surface area contributed by atoms with Gasteiger partial charge in [0.05, 0.1) is 13.2 Å². The largest absolute Gasteiger partial charge is 0.444 e. The number of hydrogen-bond donors (Lipinski definition) is 0. The van der Waals surface area contributed by atoms with E-state index in [9.17, 15) is 4.79 Å². The molecule has 2 saturated heterocycles. The van der Waals surface area contributed by atoms with Crippen molar-refractivity contribution in [2.45, 2.75) is 70.9 Å². The topological polar surface area (TPSA) is 42.0 Å². The van der Waals surface area contributed by atoms with Gasteiger partial charge in [-0.05, 0) is 46.5 Å². The van der Waals surface area contributed by atoms with Gasteiger partial charge in [0.1, 0.15) is 5.60 Å². The number of carbonyl (C=O) groups excluding carboxylic acids is 1. The van der Waals surface area contributed by atoms with E-state index in [2.05, 4.69) is 11.8 Å². The molecule has 0 N–H and O–H groups in total. The highest BCUT2D eigenvalue weighted by atomic mass is 16.6. The molecule has 5 heteroatoms. The molecule has 134 valence electrons. The van der Waals surface area contributed by atoms with Gasteiger partial charge < -0.3 is 14.4 Å². The van der Waals surface area contributed by atoms with Crippen LogP contribution in [-0.2, 0) is 9.47 Å². The summed E-state index contributed by atoms with van der Waals surface area (Å²) in [5.74, 6) is 0. The monoisotopic (exact) mass is 326 g/mol. The molecular formula is C18H34N2O3. The van der Waals surface area contributed by atoms with E-state index in [1.165, 1.54) is 19.3 Å². The van der Waals surface area contributed by atoms with Gasteiger partial charge in [-0.1, -0.05) is 13.3 Å². The first-order valence-corrected chi connectivity index (χ1v) is 9.17. The van der Waals surface area contributed by atoms with Gasteiger partial charge in [0, 0.05) is 31.7 Å². The van der Waals surface area contributed by atoms with Crippen LogP contribution in [0.3, 0.4) is 0 Å². The first kappa shape index (κ1) is 18.5. The third kappa shape index (κ3) is 5.08. The SMILES string of the molecule is CCCC1(N2CCOCC2)CCCN(C(=O)OC(C)(C)C)CC1. The van der Waals surface area contributed by atoms with Gasteiger partial charge in [-0.25, -0.2) is 4.79 Å². The summed E-state index contributed by atoms with van der Waals surface area (Å²) in [7, 11) is 0. The van der Waals surface area contributed by atoms with E-state index < -0.39 is 5.60 Å². The van der Waals surface area contributed by atoms with Gasteiger partial charge in [0.15, 0.2) is 0 Å². The zero-order chi connectivity index (χ0) is 16.9. The van der Waals surface area contributed by atoms with Crippen LogP contribution in [0.4, 0.5) is 4.79 Å². The second kappa shape index (κ2) is 7.84. The average Bonchev–Trinajstić information content (AvgIpc) is 2.71. The average molecular weight is 326 g/mol. The minimum atomic E-state index is -0.423. The molecule has 0 saturated carbocycles. The molecule has 0 spiro atoms. The highest BCUT2D eigenvalue weighted by Crippen LogP contribution is 2.34. The van der Waals surface area contributed by atoms with Crippen molar-refractivity contribution < 1.29 is 14.3 Å². The van der Waals surface area contributed by atoms with Crippen LogP contribution in [0.25, 0.3) is 0 Å². The van der Waals surface area contributed by atoms with Gasteiger partial charge in [-0.3, -0.25) is 4.90 Å². The van der Waals surface area contributed by atoms with Crippen LogP contribution in [0.15, 0.2) is 0 Å². The molecule has 2 aliphatic rings. The van der Waals surface area contributed by atoms with Crippen molar-refractivity contribution in [3.63, 3.8) is 0 Å². The lowest BCUT2D eigenvalue weighted by Gasteiger charge is -2.45. The minimum Gasteiger partial charge on any atom is -0.444 e. The smallest absolute Gasteiger partial charge is 0.410 e. The first-order chi connectivity index (χ1) is 10.9. The zero-order valence-electron chi connectivity index (χ0n) is 15.4. The summed E-state index contributed by atoms with van der Waals surface area (Å²) in [4.78, 5) is 16.9. The molecule has 5 nitrogen and oxygen atoms in total. The lowest BCUT2D eigenvalue weighted by molar-refractivity contribution is -0.0329. The van der Waals surface area contributed by atoms with Crippen molar-refractivity contribution in [1.29, 1.82) is 0 Å². The molecule has 0 aliphatic carbocycles. The van der Waals surface area contributed by atoms with E-state index in [1.807, 2.05) is 25.7 Å². The molecule has 2 aliphatic heterocycles. The van der Waals surface area contributed by atoms with Crippen LogP contribution in [0, 0.1) is 0 Å². The quantitative estimate of drug-likeness (QED) is 0.798. The molecule has 0 aromatic rings. The number of amides is 1. The van der Waals surface area contributed by atoms with Crippen molar-refractivity contribution in [2.24, 2.45) is 0 Å². The molecule has 2 fully saturated rings. The maximum absolute atomic E-state index is 12.4. The van der Waals surface area contributed by atoms with Crippen LogP contribution in [0.5, 0.6) is 0 Å². The summed E-state index contributed by atoms with van der Waals surface area (Å²) in [6.07, 6.45) is 5.49. The first-order valence-electron chi connectivity index (χ1n) is 9.17. The number of nitrogens with zero attached hydrogens (tertiary/aromatic N) is 2. The molecule has 1 amide bonds. The van der Waals surface area contributed by atoms with Crippen molar-refractivity contribution in [1.82, 2.24) is 9.80 Å². The van der Waals surface area contributed by atoms with E-state index in [-0.39, 0.29) is 11.6 Å². The predicted molar refractivity (Wildman–Crippen MR) is 91.7 cm³/mol. The summed E-state index contributed by atoms with van der Waals surface area (Å²) >= 11 is 0. The van der Waals surface area contributed by atoms with E-state index in [1.54, 1.807) is 0 Å². The van der Waals surface area contributed by atoms with Crippen LogP contribution in [0.2, 0.25) is 0 Å². The molecule has 23 heavy (non-hydrogen) atoms. The van der Waals surface area contributed by atoms with E-state index in [0.29, 0.717) is 0 Å². The van der Waals surface area contributed by atoms with Gasteiger partial charge in [-0.15, -0.1) is 0 Å². The molecule has 1 atom stereocenters. The molecule has 0 bridgehead atoms. The lowest BCUT2D eigenvalue weighted by Crippen LogP contribution is -2.54. The number of hydrogen-bond acceptors (Lipinski definition) is 4. The number of rotatable bonds is 3. The second-order valence-electron chi connectivity index (χ2n) is 7.89. The third-order valence-electron chi connectivity index (χ3n) is 4.97. The molecule has 2 heterocycles. The maximum atomic E-state index is 12.4. The van der Waals surface area contributed by atoms with Crippen molar-refractivity contribution in [2.75, 3.05) is 39.4 Å². The van der Waals surface area contributed by atoms with Gasteiger partial charge in [-0.2, -0.15) is 0 Å². The van der Waals surface area contributed by atoms with Crippen LogP contribution >= 0.6 is 0 Å². The Labute approximate surface area is 141 Å². The highest BCUT2D eigenvalue weighted by molar-refractivity contribution is 5.68. The molecular weight excluding hydrogens is 292 g/mol. The maximum Gasteiger partial charge on any atom is 0.410 e. The predicted octanol–water partition coefficient (Wildman–Crippen LogP) is 3.28. The van der Waals surface area contributed by atoms with Crippen molar-refractivity contribution >= 4 is 6.09 Å². The summed E-state index contributed by atoms with van der Waals surface area (Å²) in [6.45, 7) is 13.4. The number of ether oxygens (including phenoxy) is 2. The van der Waals surface area contributed by atoms with E-state index in [4.69, 9.17) is 9.47 Å². The normalized spacial score (nSPS) is 27.6. The Morgan fingerprint density at radius 1 is 1.13 bits per heavy atom. The van der Waals surface area contributed by atoms with Crippen LogP contribution in [-0.4, -0.2) is 66.4 Å². The van der Waals surface area contributed by atoms with Crippen molar-refractivity contribution in [3.8, 4) is 0 Å². The number of likely N-dealkylation sites (tertiary alicyclic amines) is 1. The number of morpholine rings is 1. The lowest BCUT2D eigenvalue weighted by atomic mass is 9.83. The van der Waals surface area contributed by atoms with E-state index >= 15 is 0 Å². The van der Waals surface area contributed by atoms with Gasteiger partial charge in [0.2, 0.25) is 0 Å². The summed E-state index contributed by atoms with van der Waals surface area (Å²) in [5, 5.41) is 0.